The molecular weight excluding hydrogens is 422 g/mol. The number of nitrogens with zero attached hydrogens (tertiary/aromatic N) is 1. The van der Waals surface area contributed by atoms with Gasteiger partial charge in [-0.2, -0.15) is 11.8 Å². The maximum Gasteiger partial charge on any atom is 0.250 e. The van der Waals surface area contributed by atoms with Crippen LogP contribution in [0.1, 0.15) is 61.6 Å². The molecule has 4 atom stereocenters. The number of aryl methyl sites for hydroxylation is 1. The average molecular weight is 456 g/mol. The first kappa shape index (κ1) is 22.0. The van der Waals surface area contributed by atoms with Gasteiger partial charge in [0.15, 0.2) is 0 Å². The minimum atomic E-state index is -1.16. The van der Waals surface area contributed by atoms with Gasteiger partial charge in [-0.1, -0.05) is 37.8 Å². The Hall–Kier alpha value is -1.86. The van der Waals surface area contributed by atoms with E-state index in [2.05, 4.69) is 10.6 Å². The second-order valence-corrected chi connectivity index (χ2v) is 10.9. The van der Waals surface area contributed by atoms with Crippen LogP contribution in [0.4, 0.5) is 5.69 Å². The number of nitrogens with one attached hydrogen (secondary N) is 2. The number of anilines is 1. The van der Waals surface area contributed by atoms with Gasteiger partial charge in [-0.3, -0.25) is 24.6 Å². The lowest BCUT2D eigenvalue weighted by Gasteiger charge is -2.32. The molecule has 3 fully saturated rings. The summed E-state index contributed by atoms with van der Waals surface area (Å²) in [6.07, 6.45) is 9.00. The zero-order valence-corrected chi connectivity index (χ0v) is 20.0. The number of likely N-dealkylation sites (tertiary alicyclic amines) is 1. The van der Waals surface area contributed by atoms with Crippen LogP contribution in [0.15, 0.2) is 12.1 Å². The number of thioether (sulfide) groups is 1. The molecule has 1 aromatic rings. The largest absolute Gasteiger partial charge is 0.324 e. The van der Waals surface area contributed by atoms with Gasteiger partial charge >= 0.3 is 0 Å². The quantitative estimate of drug-likeness (QED) is 0.537. The van der Waals surface area contributed by atoms with E-state index in [-0.39, 0.29) is 29.8 Å². The van der Waals surface area contributed by atoms with Crippen molar-refractivity contribution in [2.24, 2.45) is 11.8 Å². The molecule has 6 nitrogen and oxygen atoms in total. The number of hydrogen-bond acceptors (Lipinski definition) is 5. The van der Waals surface area contributed by atoms with E-state index in [0.717, 1.165) is 73.1 Å². The van der Waals surface area contributed by atoms with Crippen molar-refractivity contribution in [3.05, 3.63) is 28.8 Å². The Morgan fingerprint density at radius 2 is 1.78 bits per heavy atom. The van der Waals surface area contributed by atoms with Crippen LogP contribution in [0, 0.1) is 25.7 Å². The number of carbonyl (C=O) groups is 3. The molecule has 7 heteroatoms. The minimum Gasteiger partial charge on any atom is -0.324 e. The number of hydrogen-bond donors (Lipinski definition) is 2. The van der Waals surface area contributed by atoms with Crippen molar-refractivity contribution < 1.29 is 14.4 Å². The summed E-state index contributed by atoms with van der Waals surface area (Å²) in [6.45, 7) is 4.03. The minimum absolute atomic E-state index is 0.0231. The van der Waals surface area contributed by atoms with Crippen LogP contribution < -0.4 is 10.6 Å². The number of imide groups is 1. The molecule has 1 aromatic carbocycles. The van der Waals surface area contributed by atoms with E-state index in [4.69, 9.17) is 0 Å². The lowest BCUT2D eigenvalue weighted by molar-refractivity contribution is -0.145. The fraction of sp³-hybridized carbons (Fsp3) is 0.640. The predicted molar refractivity (Wildman–Crippen MR) is 126 cm³/mol. The number of rotatable bonds is 4. The van der Waals surface area contributed by atoms with Crippen LogP contribution in [0.3, 0.4) is 0 Å². The van der Waals surface area contributed by atoms with Crippen LogP contribution in [0.25, 0.3) is 0 Å². The van der Waals surface area contributed by atoms with Gasteiger partial charge < -0.3 is 5.32 Å². The smallest absolute Gasteiger partial charge is 0.250 e. The topological polar surface area (TPSA) is 78.5 Å². The monoisotopic (exact) mass is 455 g/mol. The van der Waals surface area contributed by atoms with E-state index >= 15 is 0 Å². The summed E-state index contributed by atoms with van der Waals surface area (Å²) in [5.41, 5.74) is 2.60. The molecule has 1 aliphatic carbocycles. The fourth-order valence-electron chi connectivity index (χ4n) is 6.51. The first-order valence-corrected chi connectivity index (χ1v) is 13.4. The summed E-state index contributed by atoms with van der Waals surface area (Å²) in [6, 6.07) is 3.79. The van der Waals surface area contributed by atoms with Gasteiger partial charge in [0.25, 0.3) is 0 Å². The van der Waals surface area contributed by atoms with Crippen molar-refractivity contribution in [2.45, 2.75) is 76.4 Å². The van der Waals surface area contributed by atoms with E-state index in [1.807, 2.05) is 32.2 Å². The molecule has 1 saturated carbocycles. The molecular formula is C25H33N3O3S. The molecule has 3 amide bonds. The van der Waals surface area contributed by atoms with Crippen molar-refractivity contribution in [1.82, 2.24) is 10.2 Å². The Bertz CT molecular complexity index is 971. The molecule has 0 aromatic heterocycles. The molecule has 2 saturated heterocycles. The van der Waals surface area contributed by atoms with E-state index < -0.39 is 17.4 Å². The van der Waals surface area contributed by atoms with Gasteiger partial charge in [-0.25, -0.2) is 0 Å². The molecule has 0 bridgehead atoms. The van der Waals surface area contributed by atoms with Crippen LogP contribution in [-0.2, 0) is 19.9 Å². The maximum atomic E-state index is 14.0. The van der Waals surface area contributed by atoms with E-state index in [1.54, 1.807) is 16.7 Å². The molecule has 172 valence electrons. The highest BCUT2D eigenvalue weighted by Crippen LogP contribution is 2.54. The second kappa shape index (κ2) is 8.17. The van der Waals surface area contributed by atoms with E-state index in [9.17, 15) is 14.4 Å². The van der Waals surface area contributed by atoms with Gasteiger partial charge in [0.1, 0.15) is 5.54 Å². The first-order chi connectivity index (χ1) is 15.4. The molecule has 0 radical (unpaired) electrons. The third-order valence-electron chi connectivity index (χ3n) is 8.28. The standard InChI is InChI=1S/C25H33N3O3S/c1-14-10-11-17-21(15(14)2)26-24(31)25(17)20-19(18(27-25)12-13-32-3)22(29)28(23(20)30)16-8-6-4-5-7-9-16/h10-11,16,18-20,27H,4-9,12-13H2,1-3H3,(H,26,31)/t18-,19-,20+,25-/m1/s1. The van der Waals surface area contributed by atoms with Gasteiger partial charge in [0.05, 0.1) is 11.8 Å². The third-order valence-corrected chi connectivity index (χ3v) is 8.92. The number of benzene rings is 1. The average Bonchev–Trinajstić information content (AvgIpc) is 3.24. The Balaban J connectivity index is 1.61. The van der Waals surface area contributed by atoms with Crippen LogP contribution in [0.2, 0.25) is 0 Å². The highest BCUT2D eigenvalue weighted by molar-refractivity contribution is 7.98. The normalized spacial score (nSPS) is 32.4. The molecule has 0 unspecified atom stereocenters. The number of fused-ring (bicyclic) bond motifs is 4. The van der Waals surface area contributed by atoms with Crippen LogP contribution >= 0.6 is 11.8 Å². The summed E-state index contributed by atoms with van der Waals surface area (Å²) in [5, 5.41) is 6.64. The second-order valence-electron chi connectivity index (χ2n) is 9.92. The van der Waals surface area contributed by atoms with Gasteiger partial charge in [-0.15, -0.1) is 0 Å². The summed E-state index contributed by atoms with van der Waals surface area (Å²) in [5.74, 6) is -0.667. The molecule has 1 spiro atoms. The third kappa shape index (κ3) is 3.00. The van der Waals surface area contributed by atoms with Crippen LogP contribution in [0.5, 0.6) is 0 Å². The molecule has 5 rings (SSSR count). The lowest BCUT2D eigenvalue weighted by atomic mass is 9.76. The van der Waals surface area contributed by atoms with Gasteiger partial charge in [-0.05, 0) is 56.2 Å². The number of amides is 3. The summed E-state index contributed by atoms with van der Waals surface area (Å²) in [4.78, 5) is 43.0. The van der Waals surface area contributed by atoms with E-state index in [1.165, 1.54) is 0 Å². The van der Waals surface area contributed by atoms with Crippen molar-refractivity contribution in [3.8, 4) is 0 Å². The van der Waals surface area contributed by atoms with Crippen molar-refractivity contribution in [1.29, 1.82) is 0 Å². The molecule has 2 N–H and O–H groups in total. The summed E-state index contributed by atoms with van der Waals surface area (Å²) >= 11 is 1.73. The first-order valence-electron chi connectivity index (χ1n) is 12.0. The summed E-state index contributed by atoms with van der Waals surface area (Å²) < 4.78 is 0. The van der Waals surface area contributed by atoms with Crippen molar-refractivity contribution in [3.63, 3.8) is 0 Å². The van der Waals surface area contributed by atoms with Gasteiger partial charge in [0, 0.05) is 23.3 Å². The van der Waals surface area contributed by atoms with Crippen LogP contribution in [-0.4, -0.2) is 46.7 Å². The van der Waals surface area contributed by atoms with Crippen molar-refractivity contribution in [2.75, 3.05) is 17.3 Å². The molecule has 3 aliphatic heterocycles. The van der Waals surface area contributed by atoms with Gasteiger partial charge in [0.2, 0.25) is 17.7 Å². The predicted octanol–water partition coefficient (Wildman–Crippen LogP) is 3.50. The fourth-order valence-corrected chi connectivity index (χ4v) is 7.00. The van der Waals surface area contributed by atoms with Crippen molar-refractivity contribution >= 4 is 35.2 Å². The Labute approximate surface area is 194 Å². The van der Waals surface area contributed by atoms with E-state index in [0.29, 0.717) is 0 Å². The Morgan fingerprint density at radius 3 is 2.47 bits per heavy atom. The zero-order valence-electron chi connectivity index (χ0n) is 19.2. The highest BCUT2D eigenvalue weighted by Gasteiger charge is 2.70. The molecule has 4 aliphatic rings. The summed E-state index contributed by atoms with van der Waals surface area (Å²) in [7, 11) is 0. The number of carbonyl (C=O) groups excluding carboxylic acids is 3. The maximum absolute atomic E-state index is 14.0. The lowest BCUT2D eigenvalue weighted by Crippen LogP contribution is -2.54. The Kier molecular flexibility index (Phi) is 5.61. The molecule has 32 heavy (non-hydrogen) atoms. The molecule has 3 heterocycles. The zero-order chi connectivity index (χ0) is 22.6. The highest BCUT2D eigenvalue weighted by atomic mass is 32.2. The Morgan fingerprint density at radius 1 is 1.06 bits per heavy atom. The SMILES string of the molecule is CSCC[C@H]1N[C@@]2(C(=O)Nc3c2ccc(C)c3C)[C@@H]2C(=O)N(C3CCCCCC3)C(=O)[C@@H]21.